The summed E-state index contributed by atoms with van der Waals surface area (Å²) in [5.74, 6) is 0.563. The molecule has 0 aliphatic heterocycles. The molecule has 0 radical (unpaired) electrons. The highest BCUT2D eigenvalue weighted by atomic mass is 79.9. The fraction of sp³-hybridized carbons (Fsp3) is 0.455. The average molecular weight is 291 g/mol. The van der Waals surface area contributed by atoms with Gasteiger partial charge in [0.2, 0.25) is 0 Å². The van der Waals surface area contributed by atoms with Crippen molar-refractivity contribution >= 4 is 28.6 Å². The molecule has 2 atom stereocenters. The number of hydrogen-bond acceptors (Lipinski definition) is 3. The minimum atomic E-state index is -0.830. The summed E-state index contributed by atoms with van der Waals surface area (Å²) in [7, 11) is 0. The fourth-order valence-corrected chi connectivity index (χ4v) is 1.88. The minimum Gasteiger partial charge on any atom is -0.390 e. The molecule has 0 amide bonds. The van der Waals surface area contributed by atoms with Gasteiger partial charge in [-0.25, -0.2) is 0 Å². The van der Waals surface area contributed by atoms with Crippen LogP contribution in [0.1, 0.15) is 23.7 Å². The molecule has 2 N–H and O–H groups in total. The average Bonchev–Trinajstić information content (AvgIpc) is 2.21. The van der Waals surface area contributed by atoms with Crippen molar-refractivity contribution in [2.75, 3.05) is 5.75 Å². The molecule has 1 aromatic carbocycles. The van der Waals surface area contributed by atoms with Crippen LogP contribution in [0.3, 0.4) is 0 Å². The molecule has 84 valence electrons. The minimum absolute atomic E-state index is 0.486. The second kappa shape index (κ2) is 5.89. The van der Waals surface area contributed by atoms with E-state index in [2.05, 4.69) is 28.6 Å². The van der Waals surface area contributed by atoms with Gasteiger partial charge < -0.3 is 10.2 Å². The van der Waals surface area contributed by atoms with Crippen molar-refractivity contribution < 1.29 is 10.2 Å². The molecular formula is C11H15BrO2S. The van der Waals surface area contributed by atoms with Gasteiger partial charge in [-0.1, -0.05) is 28.1 Å². The molecule has 0 fully saturated rings. The molecule has 1 aromatic rings. The lowest BCUT2D eigenvalue weighted by Gasteiger charge is -2.18. The summed E-state index contributed by atoms with van der Waals surface area (Å²) in [6.45, 7) is 1.95. The third-order valence-electron chi connectivity index (χ3n) is 2.31. The maximum Gasteiger partial charge on any atom is 0.105 e. The second-order valence-corrected chi connectivity index (χ2v) is 4.83. The smallest absolute Gasteiger partial charge is 0.105 e. The summed E-state index contributed by atoms with van der Waals surface area (Å²) >= 11 is 7.41. The van der Waals surface area contributed by atoms with E-state index in [9.17, 15) is 10.2 Å². The van der Waals surface area contributed by atoms with Crippen LogP contribution in [-0.2, 0) is 0 Å². The Bertz CT molecular complexity index is 330. The molecule has 0 aliphatic rings. The molecule has 2 unspecified atom stereocenters. The number of aliphatic hydroxyl groups excluding tert-OH is 2. The monoisotopic (exact) mass is 290 g/mol. The van der Waals surface area contributed by atoms with Crippen molar-refractivity contribution in [3.05, 3.63) is 33.8 Å². The second-order valence-electron chi connectivity index (χ2n) is 3.53. The maximum atomic E-state index is 9.84. The summed E-state index contributed by atoms with van der Waals surface area (Å²) in [5, 5.41) is 19.5. The topological polar surface area (TPSA) is 40.5 Å². The molecule has 4 heteroatoms. The maximum absolute atomic E-state index is 9.84. The van der Waals surface area contributed by atoms with E-state index in [0.717, 1.165) is 15.6 Å². The van der Waals surface area contributed by atoms with Gasteiger partial charge in [0.15, 0.2) is 0 Å². The van der Waals surface area contributed by atoms with Crippen molar-refractivity contribution in [3.63, 3.8) is 0 Å². The van der Waals surface area contributed by atoms with E-state index in [-0.39, 0.29) is 0 Å². The van der Waals surface area contributed by atoms with Gasteiger partial charge in [0, 0.05) is 4.47 Å². The molecule has 2 nitrogen and oxygen atoms in total. The lowest BCUT2D eigenvalue weighted by atomic mass is 10.0. The van der Waals surface area contributed by atoms with Gasteiger partial charge in [-0.15, -0.1) is 0 Å². The van der Waals surface area contributed by atoms with Crippen LogP contribution < -0.4 is 0 Å². The van der Waals surface area contributed by atoms with Gasteiger partial charge in [0.25, 0.3) is 0 Å². The van der Waals surface area contributed by atoms with Crippen LogP contribution in [0.5, 0.6) is 0 Å². The van der Waals surface area contributed by atoms with Crippen LogP contribution in [0.2, 0.25) is 0 Å². The SMILES string of the molecule is Cc1cc(C(O)C(O)CCS)ccc1Br. The molecule has 0 saturated heterocycles. The van der Waals surface area contributed by atoms with Crippen LogP contribution in [0.15, 0.2) is 22.7 Å². The highest BCUT2D eigenvalue weighted by Gasteiger charge is 2.17. The highest BCUT2D eigenvalue weighted by Crippen LogP contribution is 2.24. The van der Waals surface area contributed by atoms with Gasteiger partial charge in [0.1, 0.15) is 6.10 Å². The van der Waals surface area contributed by atoms with Gasteiger partial charge in [-0.2, -0.15) is 12.6 Å². The molecular weight excluding hydrogens is 276 g/mol. The van der Waals surface area contributed by atoms with E-state index in [1.165, 1.54) is 0 Å². The zero-order valence-electron chi connectivity index (χ0n) is 8.52. The van der Waals surface area contributed by atoms with Crippen molar-refractivity contribution in [2.45, 2.75) is 25.6 Å². The summed E-state index contributed by atoms with van der Waals surface area (Å²) in [6, 6.07) is 5.56. The van der Waals surface area contributed by atoms with Gasteiger partial charge in [-0.05, 0) is 36.3 Å². The van der Waals surface area contributed by atoms with Gasteiger partial charge in [0.05, 0.1) is 6.10 Å². The van der Waals surface area contributed by atoms with E-state index in [1.54, 1.807) is 0 Å². The van der Waals surface area contributed by atoms with Gasteiger partial charge >= 0.3 is 0 Å². The van der Waals surface area contributed by atoms with Crippen molar-refractivity contribution in [3.8, 4) is 0 Å². The highest BCUT2D eigenvalue weighted by molar-refractivity contribution is 9.10. The summed E-state index contributed by atoms with van der Waals surface area (Å²) < 4.78 is 1.00. The zero-order chi connectivity index (χ0) is 11.4. The van der Waals surface area contributed by atoms with Crippen molar-refractivity contribution in [1.82, 2.24) is 0 Å². The number of aliphatic hydroxyl groups is 2. The van der Waals surface area contributed by atoms with Crippen LogP contribution in [0.25, 0.3) is 0 Å². The van der Waals surface area contributed by atoms with Crippen LogP contribution >= 0.6 is 28.6 Å². The summed E-state index contributed by atoms with van der Waals surface area (Å²) in [5.41, 5.74) is 1.79. The summed E-state index contributed by atoms with van der Waals surface area (Å²) in [6.07, 6.45) is -1.09. The first kappa shape index (κ1) is 13.0. The Morgan fingerprint density at radius 1 is 1.40 bits per heavy atom. The molecule has 0 aromatic heterocycles. The number of benzene rings is 1. The number of halogens is 1. The van der Waals surface area contributed by atoms with Crippen LogP contribution in [0, 0.1) is 6.92 Å². The van der Waals surface area contributed by atoms with E-state index < -0.39 is 12.2 Å². The number of hydrogen-bond donors (Lipinski definition) is 3. The van der Waals surface area contributed by atoms with E-state index in [0.29, 0.717) is 12.2 Å². The third kappa shape index (κ3) is 3.48. The lowest BCUT2D eigenvalue weighted by molar-refractivity contribution is 0.0172. The predicted molar refractivity (Wildman–Crippen MR) is 68.3 cm³/mol. The number of thiol groups is 1. The first-order valence-electron chi connectivity index (χ1n) is 4.79. The largest absolute Gasteiger partial charge is 0.390 e. The van der Waals surface area contributed by atoms with Gasteiger partial charge in [-0.3, -0.25) is 0 Å². The van der Waals surface area contributed by atoms with Crippen molar-refractivity contribution in [1.29, 1.82) is 0 Å². The Morgan fingerprint density at radius 3 is 2.60 bits per heavy atom. The third-order valence-corrected chi connectivity index (χ3v) is 3.46. The molecule has 0 bridgehead atoms. The van der Waals surface area contributed by atoms with Crippen molar-refractivity contribution in [2.24, 2.45) is 0 Å². The molecule has 1 rings (SSSR count). The van der Waals surface area contributed by atoms with E-state index in [4.69, 9.17) is 0 Å². The summed E-state index contributed by atoms with van der Waals surface area (Å²) in [4.78, 5) is 0. The Hall–Kier alpha value is -0.0300. The van der Waals surface area contributed by atoms with Crippen LogP contribution in [-0.4, -0.2) is 22.1 Å². The Balaban J connectivity index is 2.81. The Morgan fingerprint density at radius 2 is 2.07 bits per heavy atom. The van der Waals surface area contributed by atoms with Crippen LogP contribution in [0.4, 0.5) is 0 Å². The van der Waals surface area contributed by atoms with E-state index in [1.807, 2.05) is 25.1 Å². The normalized spacial score (nSPS) is 15.0. The Kier molecular flexibility index (Phi) is 5.12. The fourth-order valence-electron chi connectivity index (χ4n) is 1.36. The standard InChI is InChI=1S/C11H15BrO2S/c1-7-6-8(2-3-9(7)12)11(14)10(13)4-5-15/h2-3,6,10-11,13-15H,4-5H2,1H3. The number of rotatable bonds is 4. The lowest BCUT2D eigenvalue weighted by Crippen LogP contribution is -2.18. The molecule has 0 heterocycles. The molecule has 15 heavy (non-hydrogen) atoms. The molecule has 0 spiro atoms. The van der Waals surface area contributed by atoms with E-state index >= 15 is 0 Å². The first-order valence-corrected chi connectivity index (χ1v) is 6.22. The Labute approximate surface area is 104 Å². The molecule has 0 aliphatic carbocycles. The predicted octanol–water partition coefficient (Wildman–Crippen LogP) is 2.47. The number of aryl methyl sites for hydroxylation is 1. The molecule has 0 saturated carbocycles. The quantitative estimate of drug-likeness (QED) is 0.746. The first-order chi connectivity index (χ1) is 7.06. The zero-order valence-corrected chi connectivity index (χ0v) is 11.0.